The van der Waals surface area contributed by atoms with Gasteiger partial charge in [-0.3, -0.25) is 9.69 Å². The molecule has 3 heterocycles. The van der Waals surface area contributed by atoms with Gasteiger partial charge < -0.3 is 14.7 Å². The fourth-order valence-corrected chi connectivity index (χ4v) is 6.10. The van der Waals surface area contributed by atoms with Crippen LogP contribution in [0.3, 0.4) is 0 Å². The van der Waals surface area contributed by atoms with Gasteiger partial charge in [0.15, 0.2) is 0 Å². The van der Waals surface area contributed by atoms with Crippen LogP contribution in [-0.4, -0.2) is 93.0 Å². The molecule has 142 valence electrons. The van der Waals surface area contributed by atoms with Gasteiger partial charge in [-0.1, -0.05) is 29.8 Å². The number of likely N-dealkylation sites (tertiary alicyclic amines) is 3. The molecule has 4 rings (SSSR count). The second kappa shape index (κ2) is 6.04. The van der Waals surface area contributed by atoms with Crippen LogP contribution in [0.1, 0.15) is 17.2 Å². The molecule has 1 unspecified atom stereocenters. The Morgan fingerprint density at radius 3 is 2.00 bits per heavy atom. The molecule has 3 aliphatic heterocycles. The number of amides is 1. The second-order valence-electron chi connectivity index (χ2n) is 9.38. The van der Waals surface area contributed by atoms with E-state index in [1.54, 1.807) is 0 Å². The van der Waals surface area contributed by atoms with Gasteiger partial charge in [-0.2, -0.15) is 0 Å². The van der Waals surface area contributed by atoms with E-state index in [1.165, 1.54) is 5.56 Å². The Labute approximate surface area is 157 Å². The topological polar surface area (TPSA) is 30.0 Å². The summed E-state index contributed by atoms with van der Waals surface area (Å²) in [6.45, 7) is 8.33. The van der Waals surface area contributed by atoms with Crippen molar-refractivity contribution in [2.75, 3.05) is 67.5 Å². The highest BCUT2D eigenvalue weighted by molar-refractivity contribution is 5.84. The van der Waals surface area contributed by atoms with Crippen molar-refractivity contribution in [3.63, 3.8) is 0 Å². The van der Waals surface area contributed by atoms with E-state index < -0.39 is 0 Å². The molecule has 3 saturated heterocycles. The van der Waals surface area contributed by atoms with Crippen molar-refractivity contribution >= 4 is 5.91 Å². The maximum Gasteiger partial charge on any atom is 0.244 e. The van der Waals surface area contributed by atoms with E-state index in [0.717, 1.165) is 44.8 Å². The van der Waals surface area contributed by atoms with Crippen molar-refractivity contribution in [3.8, 4) is 0 Å². The summed E-state index contributed by atoms with van der Waals surface area (Å²) in [7, 11) is 8.49. The molecular formula is C21H32N4O. The minimum Gasteiger partial charge on any atom is -0.340 e. The Hall–Kier alpha value is -1.43. The van der Waals surface area contributed by atoms with Crippen LogP contribution < -0.4 is 0 Å². The molecular weight excluding hydrogens is 324 g/mol. The molecule has 0 N–H and O–H groups in total. The first kappa shape index (κ1) is 18.0. The molecule has 3 fully saturated rings. The van der Waals surface area contributed by atoms with Crippen LogP contribution in [0, 0.1) is 17.8 Å². The summed E-state index contributed by atoms with van der Waals surface area (Å²) in [4.78, 5) is 22.8. The van der Waals surface area contributed by atoms with Gasteiger partial charge in [0, 0.05) is 50.1 Å². The van der Waals surface area contributed by atoms with Crippen molar-refractivity contribution in [1.82, 2.24) is 19.6 Å². The normalized spacial score (nSPS) is 32.9. The monoisotopic (exact) mass is 356 g/mol. The lowest BCUT2D eigenvalue weighted by Gasteiger charge is -2.32. The van der Waals surface area contributed by atoms with Crippen molar-refractivity contribution in [2.45, 2.75) is 13.0 Å². The van der Waals surface area contributed by atoms with Crippen LogP contribution in [0.2, 0.25) is 0 Å². The van der Waals surface area contributed by atoms with Crippen LogP contribution in [-0.2, 0) is 4.79 Å². The molecule has 1 amide bonds. The molecule has 0 saturated carbocycles. The summed E-state index contributed by atoms with van der Waals surface area (Å²) in [5.41, 5.74) is 2.80. The summed E-state index contributed by atoms with van der Waals surface area (Å²) in [6.07, 6.45) is 0. The number of nitrogens with zero attached hydrogens (tertiary/aromatic N) is 4. The minimum atomic E-state index is -0.197. The van der Waals surface area contributed by atoms with Crippen LogP contribution in [0.15, 0.2) is 24.3 Å². The number of hydrogen-bond donors (Lipinski definition) is 0. The zero-order valence-electron chi connectivity index (χ0n) is 16.8. The third-order valence-corrected chi connectivity index (χ3v) is 6.82. The molecule has 0 bridgehead atoms. The molecule has 0 aromatic heterocycles. The number of hydrogen-bond acceptors (Lipinski definition) is 4. The number of carbonyl (C=O) groups is 1. The van der Waals surface area contributed by atoms with Gasteiger partial charge in [-0.05, 0) is 40.7 Å². The number of benzene rings is 1. The molecule has 1 aromatic rings. The van der Waals surface area contributed by atoms with Crippen LogP contribution in [0.25, 0.3) is 0 Å². The quantitative estimate of drug-likeness (QED) is 0.817. The Bertz CT molecular complexity index is 678. The largest absolute Gasteiger partial charge is 0.340 e. The van der Waals surface area contributed by atoms with Gasteiger partial charge >= 0.3 is 0 Å². The number of aryl methyl sites for hydroxylation is 1. The van der Waals surface area contributed by atoms with Gasteiger partial charge in [-0.25, -0.2) is 0 Å². The number of likely N-dealkylation sites (N-methyl/N-ethyl adjacent to an activating group) is 1. The van der Waals surface area contributed by atoms with E-state index in [-0.39, 0.29) is 22.8 Å². The Balaban J connectivity index is 1.61. The van der Waals surface area contributed by atoms with E-state index in [0.29, 0.717) is 0 Å². The lowest BCUT2D eigenvalue weighted by atomic mass is 9.71. The van der Waals surface area contributed by atoms with Gasteiger partial charge in [-0.15, -0.1) is 0 Å². The summed E-state index contributed by atoms with van der Waals surface area (Å²) in [5.74, 6) is 0.265. The molecule has 5 heteroatoms. The SMILES string of the molecule is Cc1cccc(C(C(=O)N2CC34CN(C)CC3(CN(C)C4)C2)N(C)C)c1. The Kier molecular flexibility index (Phi) is 4.17. The predicted molar refractivity (Wildman–Crippen MR) is 104 cm³/mol. The van der Waals surface area contributed by atoms with Gasteiger partial charge in [0.05, 0.1) is 0 Å². The maximum atomic E-state index is 13.6. The van der Waals surface area contributed by atoms with Gasteiger partial charge in [0.25, 0.3) is 0 Å². The second-order valence-corrected chi connectivity index (χ2v) is 9.38. The first-order valence-corrected chi connectivity index (χ1v) is 9.64. The highest BCUT2D eigenvalue weighted by Crippen LogP contribution is 2.56. The van der Waals surface area contributed by atoms with E-state index in [9.17, 15) is 4.79 Å². The summed E-state index contributed by atoms with van der Waals surface area (Å²) < 4.78 is 0. The van der Waals surface area contributed by atoms with E-state index in [4.69, 9.17) is 0 Å². The third-order valence-electron chi connectivity index (χ3n) is 6.82. The van der Waals surface area contributed by atoms with E-state index >= 15 is 0 Å². The molecule has 0 radical (unpaired) electrons. The van der Waals surface area contributed by atoms with Crippen molar-refractivity contribution in [3.05, 3.63) is 35.4 Å². The highest BCUT2D eigenvalue weighted by Gasteiger charge is 2.66. The maximum absolute atomic E-state index is 13.6. The Morgan fingerprint density at radius 2 is 1.54 bits per heavy atom. The zero-order chi connectivity index (χ0) is 18.7. The van der Waals surface area contributed by atoms with Gasteiger partial charge in [0.1, 0.15) is 6.04 Å². The first-order valence-electron chi connectivity index (χ1n) is 9.64. The van der Waals surface area contributed by atoms with E-state index in [2.05, 4.69) is 64.9 Å². The highest BCUT2D eigenvalue weighted by atomic mass is 16.2. The third kappa shape index (κ3) is 2.60. The molecule has 3 aliphatic rings. The number of carbonyl (C=O) groups excluding carboxylic acids is 1. The molecule has 5 nitrogen and oxygen atoms in total. The smallest absolute Gasteiger partial charge is 0.244 e. The minimum absolute atomic E-state index is 0.197. The van der Waals surface area contributed by atoms with Crippen LogP contribution in [0.4, 0.5) is 0 Å². The van der Waals surface area contributed by atoms with Crippen LogP contribution >= 0.6 is 0 Å². The summed E-state index contributed by atoms with van der Waals surface area (Å²) in [5, 5.41) is 0. The average Bonchev–Trinajstić information content (AvgIpc) is 3.01. The first-order chi connectivity index (χ1) is 12.3. The standard InChI is InChI=1S/C21H32N4O/c1-16-7-6-8-17(9-16)18(22(2)3)19(26)25-14-20-10-23(4)11-21(20,15-25)13-24(5)12-20/h6-9,18H,10-15H2,1-5H3. The van der Waals surface area contributed by atoms with Crippen molar-refractivity contribution in [1.29, 1.82) is 0 Å². The molecule has 0 spiro atoms. The summed E-state index contributed by atoms with van der Waals surface area (Å²) >= 11 is 0. The van der Waals surface area contributed by atoms with Crippen molar-refractivity contribution in [2.24, 2.45) is 10.8 Å². The Morgan fingerprint density at radius 1 is 1.00 bits per heavy atom. The lowest BCUT2D eigenvalue weighted by molar-refractivity contribution is -0.136. The molecule has 1 atom stereocenters. The summed E-state index contributed by atoms with van der Waals surface area (Å²) in [6, 6.07) is 8.19. The molecule has 1 aromatic carbocycles. The fourth-order valence-electron chi connectivity index (χ4n) is 6.10. The zero-order valence-corrected chi connectivity index (χ0v) is 16.8. The lowest BCUT2D eigenvalue weighted by Crippen LogP contribution is -2.44. The number of rotatable bonds is 3. The molecule has 26 heavy (non-hydrogen) atoms. The molecule has 0 aliphatic carbocycles. The van der Waals surface area contributed by atoms with Crippen LogP contribution in [0.5, 0.6) is 0 Å². The van der Waals surface area contributed by atoms with E-state index in [1.807, 2.05) is 14.1 Å². The fraction of sp³-hybridized carbons (Fsp3) is 0.667. The predicted octanol–water partition coefficient (Wildman–Crippen LogP) is 1.30. The average molecular weight is 357 g/mol. The van der Waals surface area contributed by atoms with Crippen molar-refractivity contribution < 1.29 is 4.79 Å². The van der Waals surface area contributed by atoms with Gasteiger partial charge in [0.2, 0.25) is 5.91 Å².